The minimum absolute atomic E-state index is 0.243. The van der Waals surface area contributed by atoms with Gasteiger partial charge in [-0.25, -0.2) is 0 Å². The van der Waals surface area contributed by atoms with E-state index in [2.05, 4.69) is 0 Å². The molecule has 0 heterocycles. The summed E-state index contributed by atoms with van der Waals surface area (Å²) in [5, 5.41) is 0. The zero-order valence-corrected chi connectivity index (χ0v) is 10.8. The van der Waals surface area contributed by atoms with E-state index in [-0.39, 0.29) is 17.4 Å². The van der Waals surface area contributed by atoms with E-state index in [1.54, 1.807) is 25.1 Å². The van der Waals surface area contributed by atoms with Crippen LogP contribution in [-0.2, 0) is 14.3 Å². The molecule has 1 atom stereocenters. The monoisotopic (exact) mass is 242 g/mol. The molecule has 3 nitrogen and oxygen atoms in total. The number of hydrogen-bond donors (Lipinski definition) is 0. The molecule has 0 saturated heterocycles. The highest BCUT2D eigenvalue weighted by atomic mass is 32.2. The summed E-state index contributed by atoms with van der Waals surface area (Å²) in [6.07, 6.45) is 0.906. The maximum atomic E-state index is 11.9. The van der Waals surface area contributed by atoms with Crippen LogP contribution in [0.5, 0.6) is 0 Å². The first-order valence-corrected chi connectivity index (χ1v) is 6.83. The molecule has 0 spiro atoms. The quantitative estimate of drug-likeness (QED) is 0.746. The van der Waals surface area contributed by atoms with Gasteiger partial charge in [0.1, 0.15) is 0 Å². The number of aryl methyl sites for hydroxylation is 1. The van der Waals surface area contributed by atoms with Crippen molar-refractivity contribution in [3.63, 3.8) is 0 Å². The Balaban J connectivity index is 2.83. The van der Waals surface area contributed by atoms with Crippen molar-refractivity contribution in [2.24, 2.45) is 5.92 Å². The zero-order valence-electron chi connectivity index (χ0n) is 9.93. The smallest absolute Gasteiger partial charge is 0.266 e. The Bertz CT molecular complexity index is 437. The maximum absolute atomic E-state index is 11.9. The molecule has 0 bridgehead atoms. The van der Waals surface area contributed by atoms with E-state index in [1.807, 2.05) is 19.9 Å². The molecule has 0 aliphatic carbocycles. The lowest BCUT2D eigenvalue weighted by molar-refractivity contribution is 0.261. The van der Waals surface area contributed by atoms with Crippen LogP contribution in [0.15, 0.2) is 29.2 Å². The highest BCUT2D eigenvalue weighted by molar-refractivity contribution is 7.86. The molecule has 0 fully saturated rings. The Hall–Kier alpha value is -0.870. The van der Waals surface area contributed by atoms with Gasteiger partial charge in [0.15, 0.2) is 0 Å². The minimum Gasteiger partial charge on any atom is -0.266 e. The highest BCUT2D eigenvalue weighted by Gasteiger charge is 2.18. The maximum Gasteiger partial charge on any atom is 0.297 e. The first-order valence-electron chi connectivity index (χ1n) is 5.42. The van der Waals surface area contributed by atoms with Crippen LogP contribution < -0.4 is 0 Å². The fourth-order valence-electron chi connectivity index (χ4n) is 1.22. The highest BCUT2D eigenvalue weighted by Crippen LogP contribution is 2.17. The lowest BCUT2D eigenvalue weighted by Gasteiger charge is -2.11. The lowest BCUT2D eigenvalue weighted by atomic mass is 10.1. The van der Waals surface area contributed by atoms with E-state index in [9.17, 15) is 8.42 Å². The largest absolute Gasteiger partial charge is 0.297 e. The molecule has 1 unspecified atom stereocenters. The summed E-state index contributed by atoms with van der Waals surface area (Å²) < 4.78 is 28.7. The molecular weight excluding hydrogens is 224 g/mol. The third-order valence-corrected chi connectivity index (χ3v) is 4.01. The summed E-state index contributed by atoms with van der Waals surface area (Å²) in [4.78, 5) is 0.262. The van der Waals surface area contributed by atoms with Crippen molar-refractivity contribution < 1.29 is 12.6 Å². The Labute approximate surface area is 97.6 Å². The molecule has 0 saturated carbocycles. The molecule has 1 rings (SSSR count). The predicted molar refractivity (Wildman–Crippen MR) is 63.8 cm³/mol. The fourth-order valence-corrected chi connectivity index (χ4v) is 2.47. The SMILES string of the molecule is CCC(C)COS(=O)(=O)c1ccccc1C. The molecular formula is C12H18O3S. The number of rotatable bonds is 5. The van der Waals surface area contributed by atoms with E-state index in [0.717, 1.165) is 6.42 Å². The second-order valence-corrected chi connectivity index (χ2v) is 5.60. The third kappa shape index (κ3) is 3.32. The Morgan fingerprint density at radius 1 is 1.31 bits per heavy atom. The second-order valence-electron chi connectivity index (χ2n) is 4.02. The van der Waals surface area contributed by atoms with Gasteiger partial charge in [-0.2, -0.15) is 8.42 Å². The van der Waals surface area contributed by atoms with Gasteiger partial charge in [-0.15, -0.1) is 0 Å². The average Bonchev–Trinajstić information content (AvgIpc) is 2.26. The van der Waals surface area contributed by atoms with Crippen molar-refractivity contribution in [1.29, 1.82) is 0 Å². The van der Waals surface area contributed by atoms with Crippen molar-refractivity contribution in [3.05, 3.63) is 29.8 Å². The van der Waals surface area contributed by atoms with Crippen LogP contribution >= 0.6 is 0 Å². The molecule has 0 aromatic heterocycles. The van der Waals surface area contributed by atoms with Gasteiger partial charge in [-0.3, -0.25) is 4.18 Å². The molecule has 90 valence electrons. The zero-order chi connectivity index (χ0) is 12.2. The first-order chi connectivity index (χ1) is 7.47. The summed E-state index contributed by atoms with van der Waals surface area (Å²) in [7, 11) is -3.60. The van der Waals surface area contributed by atoms with Crippen molar-refractivity contribution in [2.45, 2.75) is 32.1 Å². The summed E-state index contributed by atoms with van der Waals surface area (Å²) in [5.41, 5.74) is 0.714. The topological polar surface area (TPSA) is 43.4 Å². The Kier molecular flexibility index (Phi) is 4.50. The van der Waals surface area contributed by atoms with Crippen molar-refractivity contribution in [1.82, 2.24) is 0 Å². The average molecular weight is 242 g/mol. The molecule has 1 aromatic rings. The predicted octanol–water partition coefficient (Wildman–Crippen LogP) is 2.75. The Morgan fingerprint density at radius 2 is 1.94 bits per heavy atom. The van der Waals surface area contributed by atoms with E-state index in [4.69, 9.17) is 4.18 Å². The normalized spacial score (nSPS) is 13.7. The van der Waals surface area contributed by atoms with Crippen LogP contribution in [0, 0.1) is 12.8 Å². The molecule has 0 amide bonds. The number of hydrogen-bond acceptors (Lipinski definition) is 3. The van der Waals surface area contributed by atoms with E-state index in [1.165, 1.54) is 0 Å². The van der Waals surface area contributed by atoms with Crippen LogP contribution in [0.1, 0.15) is 25.8 Å². The first kappa shape index (κ1) is 13.2. The molecule has 0 aliphatic rings. The molecule has 0 aliphatic heterocycles. The molecule has 4 heteroatoms. The van der Waals surface area contributed by atoms with Crippen LogP contribution in [0.3, 0.4) is 0 Å². The number of benzene rings is 1. The third-order valence-electron chi connectivity index (χ3n) is 2.57. The van der Waals surface area contributed by atoms with Gasteiger partial charge in [0.05, 0.1) is 11.5 Å². The van der Waals surface area contributed by atoms with Gasteiger partial charge in [0.2, 0.25) is 0 Å². The second kappa shape index (κ2) is 5.46. The van der Waals surface area contributed by atoms with Gasteiger partial charge in [0, 0.05) is 0 Å². The van der Waals surface area contributed by atoms with E-state index < -0.39 is 10.1 Å². The molecule has 0 N–H and O–H groups in total. The standard InChI is InChI=1S/C12H18O3S/c1-4-10(2)9-15-16(13,14)12-8-6-5-7-11(12)3/h5-8,10H,4,9H2,1-3H3. The molecule has 16 heavy (non-hydrogen) atoms. The molecule has 1 aromatic carbocycles. The van der Waals surface area contributed by atoms with Crippen molar-refractivity contribution in [2.75, 3.05) is 6.61 Å². The summed E-state index contributed by atoms with van der Waals surface area (Å²) in [6, 6.07) is 6.84. The Morgan fingerprint density at radius 3 is 2.50 bits per heavy atom. The van der Waals surface area contributed by atoms with Gasteiger partial charge in [0.25, 0.3) is 10.1 Å². The lowest BCUT2D eigenvalue weighted by Crippen LogP contribution is -2.13. The van der Waals surface area contributed by atoms with Gasteiger partial charge in [-0.05, 0) is 24.5 Å². The van der Waals surface area contributed by atoms with Gasteiger partial charge in [-0.1, -0.05) is 38.5 Å². The van der Waals surface area contributed by atoms with Crippen molar-refractivity contribution in [3.8, 4) is 0 Å². The van der Waals surface area contributed by atoms with Crippen LogP contribution in [0.4, 0.5) is 0 Å². The van der Waals surface area contributed by atoms with Crippen LogP contribution in [0.25, 0.3) is 0 Å². The fraction of sp³-hybridized carbons (Fsp3) is 0.500. The minimum atomic E-state index is -3.60. The van der Waals surface area contributed by atoms with E-state index >= 15 is 0 Å². The van der Waals surface area contributed by atoms with Crippen molar-refractivity contribution >= 4 is 10.1 Å². The molecule has 0 radical (unpaired) electrons. The summed E-state index contributed by atoms with van der Waals surface area (Å²) in [5.74, 6) is 0.249. The summed E-state index contributed by atoms with van der Waals surface area (Å²) in [6.45, 7) is 5.98. The van der Waals surface area contributed by atoms with Gasteiger partial charge >= 0.3 is 0 Å². The van der Waals surface area contributed by atoms with Gasteiger partial charge < -0.3 is 0 Å². The summed E-state index contributed by atoms with van der Waals surface area (Å²) >= 11 is 0. The van der Waals surface area contributed by atoms with Crippen LogP contribution in [0.2, 0.25) is 0 Å². The van der Waals surface area contributed by atoms with E-state index in [0.29, 0.717) is 5.56 Å². The van der Waals surface area contributed by atoms with Crippen LogP contribution in [-0.4, -0.2) is 15.0 Å².